The summed E-state index contributed by atoms with van der Waals surface area (Å²) in [6.07, 6.45) is 4.79. The molecule has 2 heterocycles. The number of carbonyl (C=O) groups is 2. The molecule has 1 aliphatic carbocycles. The van der Waals surface area contributed by atoms with E-state index in [1.165, 1.54) is 37.1 Å². The van der Waals surface area contributed by atoms with E-state index in [4.69, 9.17) is 14.6 Å². The summed E-state index contributed by atoms with van der Waals surface area (Å²) in [6.45, 7) is 4.22. The summed E-state index contributed by atoms with van der Waals surface area (Å²) in [7, 11) is 0. The minimum absolute atomic E-state index is 0.117. The summed E-state index contributed by atoms with van der Waals surface area (Å²) in [5, 5.41) is 12.7. The predicted octanol–water partition coefficient (Wildman–Crippen LogP) is 2.90. The molecule has 0 radical (unpaired) electrons. The molecule has 28 heavy (non-hydrogen) atoms. The van der Waals surface area contributed by atoms with Crippen LogP contribution in [-0.4, -0.2) is 59.5 Å². The molecule has 1 aromatic rings. The molecule has 152 valence electrons. The number of carbonyl (C=O) groups excluding carboxylic acids is 1. The summed E-state index contributed by atoms with van der Waals surface area (Å²) >= 11 is 0. The van der Waals surface area contributed by atoms with Crippen molar-refractivity contribution in [3.8, 4) is 5.75 Å². The van der Waals surface area contributed by atoms with Gasteiger partial charge in [-0.25, -0.2) is 9.59 Å². The standard InChI is InChI=1S/C21H28N2O5/c1-2-14-11-18(14)22-16-12-21(27-13-16)7-9-23(10-8-21)20(26)28-17-5-3-15(4-6-17)19(24)25/h3-6,14,16,18,22H,2,7-13H2,1H3,(H,24,25)/t14-,16?,18-/m1/s1. The zero-order chi connectivity index (χ0) is 19.7. The third-order valence-electron chi connectivity index (χ3n) is 6.35. The molecule has 0 bridgehead atoms. The van der Waals surface area contributed by atoms with Crippen molar-refractivity contribution in [2.75, 3.05) is 19.7 Å². The van der Waals surface area contributed by atoms with Gasteiger partial charge < -0.3 is 24.8 Å². The summed E-state index contributed by atoms with van der Waals surface area (Å²) in [4.78, 5) is 25.0. The Morgan fingerprint density at radius 2 is 2.00 bits per heavy atom. The zero-order valence-electron chi connectivity index (χ0n) is 16.2. The van der Waals surface area contributed by atoms with Gasteiger partial charge in [0.15, 0.2) is 0 Å². The smallest absolute Gasteiger partial charge is 0.415 e. The zero-order valence-corrected chi connectivity index (χ0v) is 16.2. The van der Waals surface area contributed by atoms with Gasteiger partial charge in [-0.2, -0.15) is 0 Å². The molecule has 0 aromatic heterocycles. The maximum Gasteiger partial charge on any atom is 0.415 e. The van der Waals surface area contributed by atoms with Gasteiger partial charge in [0.05, 0.1) is 17.8 Å². The Kier molecular flexibility index (Phi) is 5.29. The van der Waals surface area contributed by atoms with Crippen molar-refractivity contribution >= 4 is 12.1 Å². The lowest BCUT2D eigenvalue weighted by Gasteiger charge is -2.38. The second kappa shape index (κ2) is 7.72. The Bertz CT molecular complexity index is 727. The SMILES string of the molecule is CC[C@@H]1C[C@H]1NC1COC2(CCN(C(=O)Oc3ccc(C(=O)O)cc3)CC2)C1. The average Bonchev–Trinajstić information content (AvgIpc) is 3.34. The van der Waals surface area contributed by atoms with Gasteiger partial charge in [-0.1, -0.05) is 13.3 Å². The summed E-state index contributed by atoms with van der Waals surface area (Å²) in [5.41, 5.74) is 0.0477. The lowest BCUT2D eigenvalue weighted by Crippen LogP contribution is -2.47. The molecule has 1 unspecified atom stereocenters. The van der Waals surface area contributed by atoms with E-state index in [1.807, 2.05) is 0 Å². The van der Waals surface area contributed by atoms with Gasteiger partial charge in [-0.3, -0.25) is 0 Å². The fourth-order valence-corrected chi connectivity index (χ4v) is 4.43. The third kappa shape index (κ3) is 4.15. The van der Waals surface area contributed by atoms with E-state index in [0.29, 0.717) is 30.9 Å². The predicted molar refractivity (Wildman–Crippen MR) is 103 cm³/mol. The fourth-order valence-electron chi connectivity index (χ4n) is 4.43. The van der Waals surface area contributed by atoms with E-state index in [0.717, 1.165) is 31.8 Å². The third-order valence-corrected chi connectivity index (χ3v) is 6.35. The lowest BCUT2D eigenvalue weighted by molar-refractivity contribution is -0.0389. The molecular weight excluding hydrogens is 360 g/mol. The number of ether oxygens (including phenoxy) is 2. The van der Waals surface area contributed by atoms with Crippen LogP contribution in [0.1, 0.15) is 49.4 Å². The highest BCUT2D eigenvalue weighted by Gasteiger charge is 2.46. The molecule has 1 aromatic carbocycles. The van der Waals surface area contributed by atoms with Crippen molar-refractivity contribution in [2.24, 2.45) is 5.92 Å². The van der Waals surface area contributed by atoms with E-state index in [-0.39, 0.29) is 11.2 Å². The number of carboxylic acids is 1. The van der Waals surface area contributed by atoms with Gasteiger partial charge in [0.25, 0.3) is 0 Å². The summed E-state index contributed by atoms with van der Waals surface area (Å²) in [5.74, 6) is 0.180. The van der Waals surface area contributed by atoms with E-state index in [1.54, 1.807) is 4.90 Å². The maximum atomic E-state index is 12.4. The lowest BCUT2D eigenvalue weighted by atomic mass is 9.87. The van der Waals surface area contributed by atoms with Crippen molar-refractivity contribution in [3.05, 3.63) is 29.8 Å². The highest BCUT2D eigenvalue weighted by Crippen LogP contribution is 2.39. The molecule has 2 saturated heterocycles. The van der Waals surface area contributed by atoms with E-state index in [9.17, 15) is 9.59 Å². The van der Waals surface area contributed by atoms with Crippen molar-refractivity contribution in [1.29, 1.82) is 0 Å². The second-order valence-corrected chi connectivity index (χ2v) is 8.26. The largest absolute Gasteiger partial charge is 0.478 e. The number of hydrogen-bond acceptors (Lipinski definition) is 5. The quantitative estimate of drug-likeness (QED) is 0.806. The van der Waals surface area contributed by atoms with Crippen molar-refractivity contribution in [1.82, 2.24) is 10.2 Å². The van der Waals surface area contributed by atoms with Gasteiger partial charge in [0, 0.05) is 25.2 Å². The maximum absolute atomic E-state index is 12.4. The number of carboxylic acid groups (broad SMARTS) is 1. The summed E-state index contributed by atoms with van der Waals surface area (Å²) < 4.78 is 11.6. The van der Waals surface area contributed by atoms with Crippen LogP contribution in [0.4, 0.5) is 4.79 Å². The molecule has 1 amide bonds. The molecule has 2 aliphatic heterocycles. The number of rotatable bonds is 5. The number of aromatic carboxylic acids is 1. The van der Waals surface area contributed by atoms with Crippen LogP contribution < -0.4 is 10.1 Å². The number of nitrogens with one attached hydrogen (secondary N) is 1. The topological polar surface area (TPSA) is 88.1 Å². The van der Waals surface area contributed by atoms with Crippen molar-refractivity contribution < 1.29 is 24.2 Å². The number of benzene rings is 1. The molecule has 7 heteroatoms. The van der Waals surface area contributed by atoms with E-state index >= 15 is 0 Å². The van der Waals surface area contributed by atoms with Crippen LogP contribution in [0, 0.1) is 5.92 Å². The van der Waals surface area contributed by atoms with E-state index in [2.05, 4.69) is 12.2 Å². The van der Waals surface area contributed by atoms with Crippen LogP contribution in [-0.2, 0) is 4.74 Å². The van der Waals surface area contributed by atoms with Crippen LogP contribution in [0.15, 0.2) is 24.3 Å². The van der Waals surface area contributed by atoms with Crippen LogP contribution in [0.2, 0.25) is 0 Å². The van der Waals surface area contributed by atoms with Gasteiger partial charge >= 0.3 is 12.1 Å². The first-order valence-corrected chi connectivity index (χ1v) is 10.2. The van der Waals surface area contributed by atoms with E-state index < -0.39 is 12.1 Å². The van der Waals surface area contributed by atoms with Gasteiger partial charge in [0.2, 0.25) is 0 Å². The Balaban J connectivity index is 1.24. The number of likely N-dealkylation sites (tertiary alicyclic amines) is 1. The molecule has 1 spiro atoms. The Hall–Kier alpha value is -2.12. The number of amides is 1. The highest BCUT2D eigenvalue weighted by molar-refractivity contribution is 5.87. The minimum Gasteiger partial charge on any atom is -0.478 e. The number of nitrogens with zero attached hydrogens (tertiary/aromatic N) is 1. The van der Waals surface area contributed by atoms with Crippen LogP contribution in [0.5, 0.6) is 5.75 Å². The Morgan fingerprint density at radius 1 is 1.29 bits per heavy atom. The van der Waals surface area contributed by atoms with Crippen molar-refractivity contribution in [2.45, 2.75) is 56.7 Å². The Morgan fingerprint density at radius 3 is 2.61 bits per heavy atom. The monoisotopic (exact) mass is 388 g/mol. The molecule has 7 nitrogen and oxygen atoms in total. The van der Waals surface area contributed by atoms with Crippen LogP contribution in [0.3, 0.4) is 0 Å². The number of hydrogen-bond donors (Lipinski definition) is 2. The Labute approximate surface area is 165 Å². The molecule has 3 atom stereocenters. The minimum atomic E-state index is -1.00. The normalized spacial score (nSPS) is 28.3. The van der Waals surface area contributed by atoms with Crippen molar-refractivity contribution in [3.63, 3.8) is 0 Å². The first-order chi connectivity index (χ1) is 13.5. The van der Waals surface area contributed by atoms with Gasteiger partial charge in [0.1, 0.15) is 5.75 Å². The molecule has 3 aliphatic rings. The number of piperidine rings is 1. The van der Waals surface area contributed by atoms with Gasteiger partial charge in [-0.05, 0) is 55.9 Å². The first-order valence-electron chi connectivity index (χ1n) is 10.2. The fraction of sp³-hybridized carbons (Fsp3) is 0.619. The molecule has 4 rings (SSSR count). The summed E-state index contributed by atoms with van der Waals surface area (Å²) in [6, 6.07) is 6.95. The van der Waals surface area contributed by atoms with Crippen LogP contribution in [0.25, 0.3) is 0 Å². The molecular formula is C21H28N2O5. The first kappa shape index (κ1) is 19.2. The second-order valence-electron chi connectivity index (χ2n) is 8.26. The van der Waals surface area contributed by atoms with Gasteiger partial charge in [-0.15, -0.1) is 0 Å². The van der Waals surface area contributed by atoms with Crippen LogP contribution >= 0.6 is 0 Å². The highest BCUT2D eigenvalue weighted by atomic mass is 16.6. The average molecular weight is 388 g/mol. The molecule has 1 saturated carbocycles. The molecule has 2 N–H and O–H groups in total. The molecule has 3 fully saturated rings.